The van der Waals surface area contributed by atoms with Crippen LogP contribution in [-0.2, 0) is 9.53 Å². The number of ether oxygens (including phenoxy) is 1. The number of fused-ring (bicyclic) bond motifs is 2. The molecule has 4 atom stereocenters. The van der Waals surface area contributed by atoms with E-state index in [0.717, 1.165) is 6.42 Å². The molecule has 0 aromatic carbocycles. The maximum absolute atomic E-state index is 11.6. The Hall–Kier alpha value is -1.05. The van der Waals surface area contributed by atoms with E-state index in [-0.39, 0.29) is 23.4 Å². The molecule has 1 heterocycles. The normalized spacial score (nSPS) is 44.8. The Kier molecular flexibility index (Phi) is 2.26. The number of hydrogen-bond acceptors (Lipinski definition) is 2. The first-order chi connectivity index (χ1) is 8.01. The number of esters is 1. The SMILES string of the molecule is C=C1C(=O)O[C@@H]2C[C@]3(C)CCC[C@@H](C)C3=C[C@H]12. The Morgan fingerprint density at radius 3 is 3.06 bits per heavy atom. The molecular weight excluding hydrogens is 212 g/mol. The van der Waals surface area contributed by atoms with Crippen LogP contribution < -0.4 is 0 Å². The van der Waals surface area contributed by atoms with E-state index in [1.165, 1.54) is 19.3 Å². The average Bonchev–Trinajstić information content (AvgIpc) is 2.52. The molecule has 2 fully saturated rings. The van der Waals surface area contributed by atoms with E-state index in [2.05, 4.69) is 26.5 Å². The fourth-order valence-electron chi connectivity index (χ4n) is 3.94. The summed E-state index contributed by atoms with van der Waals surface area (Å²) in [5.74, 6) is 0.607. The van der Waals surface area contributed by atoms with Crippen molar-refractivity contribution in [2.45, 2.75) is 45.6 Å². The van der Waals surface area contributed by atoms with E-state index < -0.39 is 0 Å². The number of carbonyl (C=O) groups excluding carboxylic acids is 1. The Morgan fingerprint density at radius 2 is 2.29 bits per heavy atom. The lowest BCUT2D eigenvalue weighted by Crippen LogP contribution is -2.38. The van der Waals surface area contributed by atoms with Crippen molar-refractivity contribution in [2.75, 3.05) is 0 Å². The molecule has 0 aromatic heterocycles. The summed E-state index contributed by atoms with van der Waals surface area (Å²) in [6.07, 6.45) is 7.13. The monoisotopic (exact) mass is 232 g/mol. The van der Waals surface area contributed by atoms with Crippen LogP contribution in [0.5, 0.6) is 0 Å². The maximum atomic E-state index is 11.6. The zero-order chi connectivity index (χ0) is 12.2. The predicted molar refractivity (Wildman–Crippen MR) is 66.3 cm³/mol. The number of carbonyl (C=O) groups is 1. The van der Waals surface area contributed by atoms with E-state index in [1.807, 2.05) is 0 Å². The first-order valence-corrected chi connectivity index (χ1v) is 6.63. The van der Waals surface area contributed by atoms with Gasteiger partial charge in [0.2, 0.25) is 0 Å². The zero-order valence-corrected chi connectivity index (χ0v) is 10.7. The summed E-state index contributed by atoms with van der Waals surface area (Å²) in [7, 11) is 0. The van der Waals surface area contributed by atoms with Gasteiger partial charge in [-0.25, -0.2) is 4.79 Å². The van der Waals surface area contributed by atoms with Gasteiger partial charge in [0.15, 0.2) is 0 Å². The highest BCUT2D eigenvalue weighted by Crippen LogP contribution is 2.53. The fraction of sp³-hybridized carbons (Fsp3) is 0.667. The maximum Gasteiger partial charge on any atom is 0.334 e. The molecule has 0 spiro atoms. The van der Waals surface area contributed by atoms with E-state index in [0.29, 0.717) is 11.5 Å². The molecule has 2 nitrogen and oxygen atoms in total. The highest BCUT2D eigenvalue weighted by Gasteiger charge is 2.48. The Bertz CT molecular complexity index is 421. The molecule has 0 unspecified atom stereocenters. The van der Waals surface area contributed by atoms with Crippen molar-refractivity contribution in [1.82, 2.24) is 0 Å². The van der Waals surface area contributed by atoms with Crippen LogP contribution in [0.25, 0.3) is 0 Å². The van der Waals surface area contributed by atoms with Crippen molar-refractivity contribution in [2.24, 2.45) is 17.3 Å². The third-order valence-electron chi connectivity index (χ3n) is 4.93. The second-order valence-corrected chi connectivity index (χ2v) is 6.17. The molecule has 1 saturated carbocycles. The van der Waals surface area contributed by atoms with Crippen LogP contribution in [-0.4, -0.2) is 12.1 Å². The first-order valence-electron chi connectivity index (χ1n) is 6.63. The molecule has 0 N–H and O–H groups in total. The smallest absolute Gasteiger partial charge is 0.334 e. The minimum absolute atomic E-state index is 0.0500. The van der Waals surface area contributed by atoms with Crippen LogP contribution in [0, 0.1) is 17.3 Å². The van der Waals surface area contributed by atoms with Gasteiger partial charge in [-0.1, -0.05) is 38.5 Å². The molecule has 0 bridgehead atoms. The highest BCUT2D eigenvalue weighted by molar-refractivity contribution is 5.91. The van der Waals surface area contributed by atoms with Gasteiger partial charge >= 0.3 is 5.97 Å². The Morgan fingerprint density at radius 1 is 1.53 bits per heavy atom. The lowest BCUT2D eigenvalue weighted by atomic mass is 9.60. The van der Waals surface area contributed by atoms with Crippen LogP contribution in [0.15, 0.2) is 23.8 Å². The molecule has 17 heavy (non-hydrogen) atoms. The third kappa shape index (κ3) is 1.50. The van der Waals surface area contributed by atoms with Crippen LogP contribution in [0.4, 0.5) is 0 Å². The quantitative estimate of drug-likeness (QED) is 0.364. The van der Waals surface area contributed by atoms with Crippen molar-refractivity contribution in [1.29, 1.82) is 0 Å². The molecule has 92 valence electrons. The standard InChI is InChI=1S/C15H20O2/c1-9-5-4-6-15(3)8-13-11(7-12(9)15)10(2)14(16)17-13/h7,9,11,13H,2,4-6,8H2,1,3H3/t9-,11-,13-,15+/m1/s1. The van der Waals surface area contributed by atoms with Gasteiger partial charge in [0, 0.05) is 11.5 Å². The molecule has 3 aliphatic rings. The molecule has 1 saturated heterocycles. The molecule has 0 amide bonds. The van der Waals surface area contributed by atoms with Crippen molar-refractivity contribution >= 4 is 5.97 Å². The zero-order valence-electron chi connectivity index (χ0n) is 10.7. The summed E-state index contributed by atoms with van der Waals surface area (Å²) < 4.78 is 5.44. The third-order valence-corrected chi connectivity index (χ3v) is 4.93. The fourth-order valence-corrected chi connectivity index (χ4v) is 3.94. The largest absolute Gasteiger partial charge is 0.458 e. The van der Waals surface area contributed by atoms with E-state index in [9.17, 15) is 4.79 Å². The van der Waals surface area contributed by atoms with Gasteiger partial charge in [-0.2, -0.15) is 0 Å². The molecule has 3 rings (SSSR count). The van der Waals surface area contributed by atoms with Gasteiger partial charge < -0.3 is 4.74 Å². The van der Waals surface area contributed by atoms with Crippen molar-refractivity contribution < 1.29 is 9.53 Å². The summed E-state index contributed by atoms with van der Waals surface area (Å²) in [4.78, 5) is 11.6. The predicted octanol–water partition coefficient (Wildman–Crippen LogP) is 3.24. The second kappa shape index (κ2) is 3.47. The summed E-state index contributed by atoms with van der Waals surface area (Å²) in [6, 6.07) is 0. The number of rotatable bonds is 0. The van der Waals surface area contributed by atoms with Crippen LogP contribution in [0.3, 0.4) is 0 Å². The van der Waals surface area contributed by atoms with Gasteiger partial charge in [0.25, 0.3) is 0 Å². The highest BCUT2D eigenvalue weighted by atomic mass is 16.6. The first kappa shape index (κ1) is 11.1. The van der Waals surface area contributed by atoms with Crippen LogP contribution >= 0.6 is 0 Å². The van der Waals surface area contributed by atoms with Crippen LogP contribution in [0.2, 0.25) is 0 Å². The topological polar surface area (TPSA) is 26.3 Å². The average molecular weight is 232 g/mol. The summed E-state index contributed by atoms with van der Waals surface area (Å²) in [6.45, 7) is 8.53. The Labute approximate surface area is 103 Å². The van der Waals surface area contributed by atoms with Crippen molar-refractivity contribution in [3.05, 3.63) is 23.8 Å². The van der Waals surface area contributed by atoms with Gasteiger partial charge in [0.1, 0.15) is 6.10 Å². The minimum atomic E-state index is -0.188. The van der Waals surface area contributed by atoms with Gasteiger partial charge in [0.05, 0.1) is 0 Å². The van der Waals surface area contributed by atoms with Gasteiger partial charge in [-0.3, -0.25) is 0 Å². The second-order valence-electron chi connectivity index (χ2n) is 6.17. The van der Waals surface area contributed by atoms with Crippen molar-refractivity contribution in [3.63, 3.8) is 0 Å². The lowest BCUT2D eigenvalue weighted by molar-refractivity contribution is -0.140. The number of hydrogen-bond donors (Lipinski definition) is 0. The molecular formula is C15H20O2. The van der Waals surface area contributed by atoms with E-state index in [4.69, 9.17) is 4.74 Å². The molecule has 0 radical (unpaired) electrons. The van der Waals surface area contributed by atoms with Crippen molar-refractivity contribution in [3.8, 4) is 0 Å². The van der Waals surface area contributed by atoms with E-state index >= 15 is 0 Å². The summed E-state index contributed by atoms with van der Waals surface area (Å²) in [5.41, 5.74) is 2.45. The number of allylic oxidation sites excluding steroid dienone is 1. The van der Waals surface area contributed by atoms with E-state index in [1.54, 1.807) is 5.57 Å². The van der Waals surface area contributed by atoms with Gasteiger partial charge in [-0.05, 0) is 30.6 Å². The van der Waals surface area contributed by atoms with Crippen LogP contribution in [0.1, 0.15) is 39.5 Å². The Balaban J connectivity index is 2.01. The lowest BCUT2D eigenvalue weighted by Gasteiger charge is -2.45. The molecule has 1 aliphatic heterocycles. The molecule has 0 aromatic rings. The van der Waals surface area contributed by atoms with Gasteiger partial charge in [-0.15, -0.1) is 0 Å². The minimum Gasteiger partial charge on any atom is -0.458 e. The molecule has 2 aliphatic carbocycles. The summed E-state index contributed by atoms with van der Waals surface area (Å²) >= 11 is 0. The summed E-state index contributed by atoms with van der Waals surface area (Å²) in [5, 5.41) is 0. The molecule has 2 heteroatoms.